The van der Waals surface area contributed by atoms with Crippen molar-refractivity contribution in [3.63, 3.8) is 0 Å². The van der Waals surface area contributed by atoms with Gasteiger partial charge in [-0.2, -0.15) is 0 Å². The molecule has 0 aliphatic rings. The van der Waals surface area contributed by atoms with Gasteiger partial charge in [-0.25, -0.2) is 13.1 Å². The largest absolute Gasteiger partial charge is 0.326 e. The van der Waals surface area contributed by atoms with Crippen molar-refractivity contribution in [3.8, 4) is 0 Å². The second kappa shape index (κ2) is 6.83. The van der Waals surface area contributed by atoms with E-state index in [0.717, 1.165) is 5.56 Å². The van der Waals surface area contributed by atoms with E-state index in [9.17, 15) is 13.2 Å². The van der Waals surface area contributed by atoms with Gasteiger partial charge in [-0.1, -0.05) is 6.07 Å². The predicted octanol–water partition coefficient (Wildman–Crippen LogP) is 0.793. The minimum Gasteiger partial charge on any atom is -0.326 e. The maximum atomic E-state index is 12.1. The third kappa shape index (κ3) is 4.92. The zero-order chi connectivity index (χ0) is 15.3. The van der Waals surface area contributed by atoms with Gasteiger partial charge in [0.25, 0.3) is 0 Å². The Balaban J connectivity index is 2.92. The van der Waals surface area contributed by atoms with Gasteiger partial charge < -0.3 is 10.2 Å². The summed E-state index contributed by atoms with van der Waals surface area (Å²) in [6, 6.07) is 4.67. The number of nitrogens with zero attached hydrogens (tertiary/aromatic N) is 1. The summed E-state index contributed by atoms with van der Waals surface area (Å²) >= 11 is 0. The number of aryl methyl sites for hydroxylation is 1. The summed E-state index contributed by atoms with van der Waals surface area (Å²) in [6.07, 6.45) is 0. The van der Waals surface area contributed by atoms with Gasteiger partial charge in [-0.15, -0.1) is 0 Å². The Morgan fingerprint density at radius 3 is 2.50 bits per heavy atom. The first kappa shape index (κ1) is 16.6. The first-order chi connectivity index (χ1) is 9.22. The fourth-order valence-electron chi connectivity index (χ4n) is 1.58. The van der Waals surface area contributed by atoms with Crippen LogP contribution >= 0.6 is 0 Å². The average Bonchev–Trinajstić information content (AvgIpc) is 2.30. The van der Waals surface area contributed by atoms with Crippen molar-refractivity contribution >= 4 is 21.6 Å². The van der Waals surface area contributed by atoms with Crippen LogP contribution in [0.2, 0.25) is 0 Å². The van der Waals surface area contributed by atoms with Gasteiger partial charge in [0.15, 0.2) is 0 Å². The number of likely N-dealkylation sites (N-methyl/N-ethyl adjacent to an activating group) is 1. The zero-order valence-electron chi connectivity index (χ0n) is 12.2. The molecule has 7 heteroatoms. The third-order valence-electron chi connectivity index (χ3n) is 2.68. The van der Waals surface area contributed by atoms with Crippen LogP contribution in [0.15, 0.2) is 23.1 Å². The lowest BCUT2D eigenvalue weighted by atomic mass is 10.2. The fourth-order valence-corrected chi connectivity index (χ4v) is 2.63. The Kier molecular flexibility index (Phi) is 5.67. The van der Waals surface area contributed by atoms with Crippen LogP contribution in [-0.4, -0.2) is 46.4 Å². The topological polar surface area (TPSA) is 78.5 Å². The van der Waals surface area contributed by atoms with E-state index >= 15 is 0 Å². The summed E-state index contributed by atoms with van der Waals surface area (Å²) in [6.45, 7) is 4.14. The summed E-state index contributed by atoms with van der Waals surface area (Å²) in [4.78, 5) is 13.1. The summed E-state index contributed by atoms with van der Waals surface area (Å²) in [5.41, 5.74) is 1.32. The molecule has 0 aromatic heterocycles. The van der Waals surface area contributed by atoms with Crippen LogP contribution in [0.25, 0.3) is 0 Å². The van der Waals surface area contributed by atoms with Gasteiger partial charge >= 0.3 is 0 Å². The number of amides is 1. The summed E-state index contributed by atoms with van der Waals surface area (Å²) in [7, 11) is 0.181. The second-order valence-corrected chi connectivity index (χ2v) is 6.63. The Morgan fingerprint density at radius 1 is 1.30 bits per heavy atom. The molecule has 0 saturated heterocycles. The maximum absolute atomic E-state index is 12.1. The number of sulfonamides is 1. The second-order valence-electron chi connectivity index (χ2n) is 4.86. The fraction of sp³-hybridized carbons (Fsp3) is 0.462. The van der Waals surface area contributed by atoms with Gasteiger partial charge in [0.05, 0.1) is 4.90 Å². The van der Waals surface area contributed by atoms with Crippen LogP contribution in [0.5, 0.6) is 0 Å². The van der Waals surface area contributed by atoms with Crippen molar-refractivity contribution in [1.29, 1.82) is 0 Å². The van der Waals surface area contributed by atoms with Gasteiger partial charge in [-0.05, 0) is 38.7 Å². The van der Waals surface area contributed by atoms with Crippen molar-refractivity contribution in [2.45, 2.75) is 18.7 Å². The van der Waals surface area contributed by atoms with Gasteiger partial charge in [0, 0.05) is 25.7 Å². The summed E-state index contributed by atoms with van der Waals surface area (Å²) in [5, 5.41) is 2.62. The molecular weight excluding hydrogens is 278 g/mol. The first-order valence-electron chi connectivity index (χ1n) is 6.25. The number of rotatable bonds is 6. The highest BCUT2D eigenvalue weighted by atomic mass is 32.2. The lowest BCUT2D eigenvalue weighted by Crippen LogP contribution is -2.31. The number of hydrogen-bond acceptors (Lipinski definition) is 4. The Bertz CT molecular complexity index is 583. The van der Waals surface area contributed by atoms with Crippen molar-refractivity contribution in [3.05, 3.63) is 23.8 Å². The van der Waals surface area contributed by atoms with Crippen LogP contribution in [0.1, 0.15) is 12.5 Å². The Morgan fingerprint density at radius 2 is 1.95 bits per heavy atom. The normalized spacial score (nSPS) is 11.7. The van der Waals surface area contributed by atoms with E-state index in [1.165, 1.54) is 19.1 Å². The SMILES string of the molecule is CC(=O)Nc1cc(S(=O)(=O)NCCN(C)C)ccc1C. The molecule has 0 bridgehead atoms. The number of hydrogen-bond donors (Lipinski definition) is 2. The standard InChI is InChI=1S/C13H21N3O3S/c1-10-5-6-12(9-13(10)15-11(2)17)20(18,19)14-7-8-16(3)4/h5-6,9,14H,7-8H2,1-4H3,(H,15,17). The monoisotopic (exact) mass is 299 g/mol. The highest BCUT2D eigenvalue weighted by molar-refractivity contribution is 7.89. The molecule has 0 heterocycles. The maximum Gasteiger partial charge on any atom is 0.240 e. The minimum absolute atomic E-state index is 0.144. The van der Waals surface area contributed by atoms with Crippen LogP contribution in [0, 0.1) is 6.92 Å². The van der Waals surface area contributed by atoms with Crippen molar-refractivity contribution in [2.24, 2.45) is 0 Å². The minimum atomic E-state index is -3.56. The highest BCUT2D eigenvalue weighted by Crippen LogP contribution is 2.20. The van der Waals surface area contributed by atoms with Crippen molar-refractivity contribution in [2.75, 3.05) is 32.5 Å². The van der Waals surface area contributed by atoms with Crippen LogP contribution in [-0.2, 0) is 14.8 Å². The Hall–Kier alpha value is -1.44. The van der Waals surface area contributed by atoms with E-state index < -0.39 is 10.0 Å². The van der Waals surface area contributed by atoms with Gasteiger partial charge in [0.2, 0.25) is 15.9 Å². The molecule has 1 aromatic carbocycles. The molecule has 0 fully saturated rings. The quantitative estimate of drug-likeness (QED) is 0.814. The predicted molar refractivity (Wildman–Crippen MR) is 79.2 cm³/mol. The molecule has 0 atom stereocenters. The van der Waals surface area contributed by atoms with E-state index in [0.29, 0.717) is 18.8 Å². The molecule has 1 amide bonds. The van der Waals surface area contributed by atoms with E-state index in [1.807, 2.05) is 19.0 Å². The van der Waals surface area contributed by atoms with Gasteiger partial charge in [0.1, 0.15) is 0 Å². The van der Waals surface area contributed by atoms with E-state index in [2.05, 4.69) is 10.0 Å². The van der Waals surface area contributed by atoms with Crippen LogP contribution < -0.4 is 10.0 Å². The van der Waals surface area contributed by atoms with Crippen molar-refractivity contribution < 1.29 is 13.2 Å². The molecule has 0 spiro atoms. The number of benzene rings is 1. The van der Waals surface area contributed by atoms with E-state index in [-0.39, 0.29) is 10.8 Å². The van der Waals surface area contributed by atoms with Gasteiger partial charge in [-0.3, -0.25) is 4.79 Å². The lowest BCUT2D eigenvalue weighted by Gasteiger charge is -2.13. The first-order valence-corrected chi connectivity index (χ1v) is 7.73. The molecular formula is C13H21N3O3S. The number of carbonyl (C=O) groups is 1. The summed E-state index contributed by atoms with van der Waals surface area (Å²) < 4.78 is 26.8. The zero-order valence-corrected chi connectivity index (χ0v) is 13.0. The van der Waals surface area contributed by atoms with E-state index in [4.69, 9.17) is 0 Å². The smallest absolute Gasteiger partial charge is 0.240 e. The molecule has 20 heavy (non-hydrogen) atoms. The molecule has 0 aliphatic carbocycles. The third-order valence-corrected chi connectivity index (χ3v) is 4.14. The molecule has 0 aliphatic heterocycles. The average molecular weight is 299 g/mol. The highest BCUT2D eigenvalue weighted by Gasteiger charge is 2.15. The van der Waals surface area contributed by atoms with E-state index in [1.54, 1.807) is 13.0 Å². The number of carbonyl (C=O) groups excluding carboxylic acids is 1. The molecule has 1 aromatic rings. The van der Waals surface area contributed by atoms with Crippen molar-refractivity contribution in [1.82, 2.24) is 9.62 Å². The number of nitrogens with one attached hydrogen (secondary N) is 2. The molecule has 6 nitrogen and oxygen atoms in total. The summed E-state index contributed by atoms with van der Waals surface area (Å²) in [5.74, 6) is -0.233. The lowest BCUT2D eigenvalue weighted by molar-refractivity contribution is -0.114. The molecule has 0 unspecified atom stereocenters. The Labute approximate surface area is 120 Å². The number of anilines is 1. The molecule has 112 valence electrons. The van der Waals surface area contributed by atoms with Crippen LogP contribution in [0.3, 0.4) is 0 Å². The molecule has 0 saturated carbocycles. The molecule has 1 rings (SSSR count). The molecule has 2 N–H and O–H groups in total. The van der Waals surface area contributed by atoms with Crippen LogP contribution in [0.4, 0.5) is 5.69 Å². The molecule has 0 radical (unpaired) electrons.